The van der Waals surface area contributed by atoms with E-state index in [0.717, 1.165) is 41.1 Å². The van der Waals surface area contributed by atoms with Crippen LogP contribution in [0.2, 0.25) is 0 Å². The zero-order valence-electron chi connectivity index (χ0n) is 15.3. The third-order valence-corrected chi connectivity index (χ3v) is 4.76. The summed E-state index contributed by atoms with van der Waals surface area (Å²) in [5.74, 6) is 2.81. The molecular formula is C21H21NO5. The van der Waals surface area contributed by atoms with Crippen molar-refractivity contribution in [2.24, 2.45) is 0 Å². The maximum atomic E-state index is 12.7. The van der Waals surface area contributed by atoms with Crippen LogP contribution in [0.1, 0.15) is 16.7 Å². The number of hydrogen-bond donors (Lipinski definition) is 1. The minimum atomic E-state index is -0.00789. The van der Waals surface area contributed by atoms with Gasteiger partial charge in [-0.1, -0.05) is 6.07 Å². The molecule has 0 atom stereocenters. The monoisotopic (exact) mass is 367 g/mol. The molecule has 0 spiro atoms. The number of ether oxygens (including phenoxy) is 4. The number of hydrogen-bond acceptors (Lipinski definition) is 6. The third kappa shape index (κ3) is 3.43. The van der Waals surface area contributed by atoms with Gasteiger partial charge in [-0.25, -0.2) is 0 Å². The molecule has 0 amide bonds. The number of methoxy groups -OCH3 is 2. The highest BCUT2D eigenvalue weighted by molar-refractivity contribution is 5.98. The second kappa shape index (κ2) is 7.23. The summed E-state index contributed by atoms with van der Waals surface area (Å²) in [4.78, 5) is 12.7. The quantitative estimate of drug-likeness (QED) is 0.820. The summed E-state index contributed by atoms with van der Waals surface area (Å²) in [6.07, 6.45) is 2.78. The van der Waals surface area contributed by atoms with E-state index < -0.39 is 0 Å². The summed E-state index contributed by atoms with van der Waals surface area (Å²) in [7, 11) is 3.19. The molecule has 0 aliphatic carbocycles. The second-order valence-electron chi connectivity index (χ2n) is 6.42. The van der Waals surface area contributed by atoms with Crippen LogP contribution in [0.4, 0.5) is 0 Å². The highest BCUT2D eigenvalue weighted by Gasteiger charge is 2.22. The second-order valence-corrected chi connectivity index (χ2v) is 6.42. The van der Waals surface area contributed by atoms with Gasteiger partial charge in [0.1, 0.15) is 11.5 Å². The minimum absolute atomic E-state index is 0.00789. The van der Waals surface area contributed by atoms with Gasteiger partial charge in [-0.3, -0.25) is 4.79 Å². The van der Waals surface area contributed by atoms with Gasteiger partial charge in [-0.05, 0) is 30.2 Å². The van der Waals surface area contributed by atoms with Crippen molar-refractivity contribution in [3.8, 4) is 23.0 Å². The average molecular weight is 367 g/mol. The molecule has 2 aliphatic rings. The van der Waals surface area contributed by atoms with E-state index in [9.17, 15) is 4.79 Å². The van der Waals surface area contributed by atoms with E-state index in [-0.39, 0.29) is 19.0 Å². The lowest BCUT2D eigenvalue weighted by molar-refractivity contribution is -0.114. The zero-order valence-corrected chi connectivity index (χ0v) is 15.3. The van der Waals surface area contributed by atoms with Crippen molar-refractivity contribution in [3.05, 3.63) is 53.1 Å². The predicted molar refractivity (Wildman–Crippen MR) is 101 cm³/mol. The van der Waals surface area contributed by atoms with Crippen LogP contribution >= 0.6 is 0 Å². The summed E-state index contributed by atoms with van der Waals surface area (Å²) >= 11 is 0. The van der Waals surface area contributed by atoms with Gasteiger partial charge in [-0.15, -0.1) is 0 Å². The van der Waals surface area contributed by atoms with E-state index in [1.807, 2.05) is 24.3 Å². The lowest BCUT2D eigenvalue weighted by atomic mass is 9.95. The van der Waals surface area contributed by atoms with Crippen molar-refractivity contribution in [2.75, 3.05) is 27.6 Å². The summed E-state index contributed by atoms with van der Waals surface area (Å²) in [6, 6.07) is 9.41. The first kappa shape index (κ1) is 17.3. The van der Waals surface area contributed by atoms with Gasteiger partial charge in [0.2, 0.25) is 6.79 Å². The number of allylic oxidation sites excluding steroid dienone is 1. The number of benzene rings is 2. The molecule has 6 heteroatoms. The highest BCUT2D eigenvalue weighted by atomic mass is 16.7. The maximum absolute atomic E-state index is 12.7. The minimum Gasteiger partial charge on any atom is -0.497 e. The topological polar surface area (TPSA) is 66.0 Å². The summed E-state index contributed by atoms with van der Waals surface area (Å²) in [5, 5.41) is 3.32. The van der Waals surface area contributed by atoms with Crippen LogP contribution < -0.4 is 24.3 Å². The Morgan fingerprint density at radius 3 is 2.74 bits per heavy atom. The van der Waals surface area contributed by atoms with E-state index in [0.29, 0.717) is 17.2 Å². The zero-order chi connectivity index (χ0) is 18.8. The van der Waals surface area contributed by atoms with Crippen LogP contribution in [-0.2, 0) is 17.6 Å². The molecule has 1 N–H and O–H groups in total. The average Bonchev–Trinajstić information content (AvgIpc) is 3.14. The van der Waals surface area contributed by atoms with Crippen molar-refractivity contribution < 1.29 is 23.7 Å². The molecule has 0 aromatic heterocycles. The fourth-order valence-electron chi connectivity index (χ4n) is 3.40. The standard InChI is InChI=1S/C21H21NO5/c1-24-16-4-3-14(19(10-16)25-2)7-15(23)9-18-17-11-21-20(26-12-27-21)8-13(17)5-6-22-18/h3-4,8-11,22H,5-7,12H2,1-2H3. The Hall–Kier alpha value is -3.15. The van der Waals surface area contributed by atoms with Crippen LogP contribution in [0.25, 0.3) is 5.70 Å². The molecule has 0 fully saturated rings. The normalized spacial score (nSPS) is 15.9. The maximum Gasteiger partial charge on any atom is 0.231 e. The molecular weight excluding hydrogens is 346 g/mol. The van der Waals surface area contributed by atoms with Gasteiger partial charge in [0.05, 0.1) is 14.2 Å². The molecule has 2 aliphatic heterocycles. The molecule has 0 radical (unpaired) electrons. The molecule has 2 aromatic carbocycles. The molecule has 4 rings (SSSR count). The van der Waals surface area contributed by atoms with E-state index in [1.54, 1.807) is 26.4 Å². The number of fused-ring (bicyclic) bond motifs is 2. The van der Waals surface area contributed by atoms with Crippen LogP contribution in [0, 0.1) is 0 Å². The highest BCUT2D eigenvalue weighted by Crippen LogP contribution is 2.38. The Bertz CT molecular complexity index is 919. The first-order chi connectivity index (χ1) is 13.2. The first-order valence-corrected chi connectivity index (χ1v) is 8.80. The Balaban J connectivity index is 1.59. The number of carbonyl (C=O) groups is 1. The molecule has 27 heavy (non-hydrogen) atoms. The van der Waals surface area contributed by atoms with Crippen molar-refractivity contribution in [3.63, 3.8) is 0 Å². The molecule has 6 nitrogen and oxygen atoms in total. The molecule has 0 saturated heterocycles. The summed E-state index contributed by atoms with van der Waals surface area (Å²) in [5.41, 5.74) is 3.77. The number of carbonyl (C=O) groups excluding carboxylic acids is 1. The molecule has 0 saturated carbocycles. The molecule has 0 unspecified atom stereocenters. The van der Waals surface area contributed by atoms with E-state index >= 15 is 0 Å². The smallest absolute Gasteiger partial charge is 0.231 e. The largest absolute Gasteiger partial charge is 0.497 e. The fraction of sp³-hybridized carbons (Fsp3) is 0.286. The van der Waals surface area contributed by atoms with Gasteiger partial charge >= 0.3 is 0 Å². The molecule has 0 bridgehead atoms. The number of ketones is 1. The van der Waals surface area contributed by atoms with Crippen LogP contribution in [0.15, 0.2) is 36.4 Å². The number of nitrogens with one attached hydrogen (secondary N) is 1. The van der Waals surface area contributed by atoms with E-state index in [2.05, 4.69) is 5.32 Å². The van der Waals surface area contributed by atoms with Gasteiger partial charge in [0, 0.05) is 41.9 Å². The van der Waals surface area contributed by atoms with Crippen LogP contribution in [0.3, 0.4) is 0 Å². The lowest BCUT2D eigenvalue weighted by Crippen LogP contribution is -2.23. The van der Waals surface area contributed by atoms with Gasteiger partial charge in [0.25, 0.3) is 0 Å². The molecule has 2 aromatic rings. The van der Waals surface area contributed by atoms with Crippen molar-refractivity contribution >= 4 is 11.5 Å². The summed E-state index contributed by atoms with van der Waals surface area (Å²) in [6.45, 7) is 1.01. The Kier molecular flexibility index (Phi) is 4.62. The Morgan fingerprint density at radius 1 is 1.15 bits per heavy atom. The van der Waals surface area contributed by atoms with Gasteiger partial charge < -0.3 is 24.3 Å². The van der Waals surface area contributed by atoms with Crippen LogP contribution in [-0.4, -0.2) is 33.3 Å². The Morgan fingerprint density at radius 2 is 1.96 bits per heavy atom. The van der Waals surface area contributed by atoms with Gasteiger partial charge in [0.15, 0.2) is 17.3 Å². The van der Waals surface area contributed by atoms with Crippen molar-refractivity contribution in [1.29, 1.82) is 0 Å². The predicted octanol–water partition coefficient (Wildman–Crippen LogP) is 2.73. The van der Waals surface area contributed by atoms with Crippen molar-refractivity contribution in [1.82, 2.24) is 5.32 Å². The molecule has 140 valence electrons. The van der Waals surface area contributed by atoms with E-state index in [1.165, 1.54) is 0 Å². The third-order valence-electron chi connectivity index (χ3n) is 4.76. The van der Waals surface area contributed by atoms with Crippen molar-refractivity contribution in [2.45, 2.75) is 12.8 Å². The Labute approximate surface area is 157 Å². The number of rotatable bonds is 5. The van der Waals surface area contributed by atoms with Crippen LogP contribution in [0.5, 0.6) is 23.0 Å². The molecule has 2 heterocycles. The summed E-state index contributed by atoms with van der Waals surface area (Å²) < 4.78 is 21.5. The lowest BCUT2D eigenvalue weighted by Gasteiger charge is -2.21. The SMILES string of the molecule is COc1ccc(CC(=O)C=C2NCCc3cc4c(cc32)OCO4)c(OC)c1. The first-order valence-electron chi connectivity index (χ1n) is 8.80. The van der Waals surface area contributed by atoms with E-state index in [4.69, 9.17) is 18.9 Å². The fourth-order valence-corrected chi connectivity index (χ4v) is 3.40. The van der Waals surface area contributed by atoms with Gasteiger partial charge in [-0.2, -0.15) is 0 Å².